The van der Waals surface area contributed by atoms with Gasteiger partial charge in [-0.15, -0.1) is 0 Å². The molecule has 0 bridgehead atoms. The number of H-pyrrole nitrogens is 2. The van der Waals surface area contributed by atoms with Crippen LogP contribution in [0.15, 0.2) is 73.2 Å². The van der Waals surface area contributed by atoms with E-state index in [1.165, 1.54) is 4.90 Å². The van der Waals surface area contributed by atoms with Crippen molar-refractivity contribution in [1.82, 2.24) is 30.0 Å². The number of anilines is 2. The van der Waals surface area contributed by atoms with E-state index in [1.807, 2.05) is 48.7 Å². The van der Waals surface area contributed by atoms with Crippen molar-refractivity contribution in [2.24, 2.45) is 5.92 Å². The third-order valence-corrected chi connectivity index (χ3v) is 6.69. The van der Waals surface area contributed by atoms with Crippen LogP contribution in [-0.2, 0) is 0 Å². The van der Waals surface area contributed by atoms with E-state index in [-0.39, 0.29) is 25.2 Å². The first kappa shape index (κ1) is 23.7. The van der Waals surface area contributed by atoms with Gasteiger partial charge in [-0.05, 0) is 42.3 Å². The SMILES string of the molecule is O=C(c1cc2ccc(-c3nccc(Nc4ccc(-c5cn[nH]c5)cc4)n3)cc2[nH]1)N1CCC(C(F)(F)F)C1. The fraction of sp³-hybridized carbons (Fsp3) is 0.185. The molecular weight excluding hydrogens is 495 g/mol. The second-order valence-electron chi connectivity index (χ2n) is 9.22. The van der Waals surface area contributed by atoms with Crippen LogP contribution in [0.1, 0.15) is 16.9 Å². The topological polar surface area (TPSA) is 103 Å². The van der Waals surface area contributed by atoms with Crippen molar-refractivity contribution in [3.05, 3.63) is 78.9 Å². The standard InChI is InChI=1S/C27H22F3N7O/c28-27(29,30)20-8-10-37(15-20)26(38)23-11-17-1-2-18(12-22(17)35-23)25-31-9-7-24(36-25)34-21-5-3-16(4-6-21)19-13-32-33-14-19/h1-7,9,11-14,20,35H,8,10,15H2,(H,32,33)(H,31,34,36). The number of rotatable bonds is 5. The lowest BCUT2D eigenvalue weighted by molar-refractivity contribution is -0.169. The Morgan fingerprint density at radius 1 is 1.03 bits per heavy atom. The van der Waals surface area contributed by atoms with Crippen LogP contribution in [0.4, 0.5) is 24.7 Å². The zero-order valence-corrected chi connectivity index (χ0v) is 20.0. The second kappa shape index (κ2) is 9.33. The second-order valence-corrected chi connectivity index (χ2v) is 9.22. The van der Waals surface area contributed by atoms with Crippen LogP contribution < -0.4 is 5.32 Å². The molecule has 6 rings (SSSR count). The molecule has 0 spiro atoms. The molecule has 0 saturated carbocycles. The summed E-state index contributed by atoms with van der Waals surface area (Å²) in [6.45, 7) is -0.230. The number of benzene rings is 2. The number of aromatic nitrogens is 5. The summed E-state index contributed by atoms with van der Waals surface area (Å²) in [7, 11) is 0. The molecule has 1 amide bonds. The first-order valence-corrected chi connectivity index (χ1v) is 12.0. The number of halogens is 3. The van der Waals surface area contributed by atoms with E-state index in [1.54, 1.807) is 24.5 Å². The Balaban J connectivity index is 1.19. The largest absolute Gasteiger partial charge is 0.393 e. The van der Waals surface area contributed by atoms with Crippen LogP contribution in [0.5, 0.6) is 0 Å². The van der Waals surface area contributed by atoms with Crippen LogP contribution in [0, 0.1) is 5.92 Å². The number of aromatic amines is 2. The Morgan fingerprint density at radius 2 is 1.84 bits per heavy atom. The highest BCUT2D eigenvalue weighted by molar-refractivity contribution is 5.98. The van der Waals surface area contributed by atoms with E-state index in [4.69, 9.17) is 0 Å². The van der Waals surface area contributed by atoms with E-state index in [2.05, 4.69) is 30.5 Å². The fourth-order valence-corrected chi connectivity index (χ4v) is 4.63. The molecule has 4 heterocycles. The number of nitrogens with one attached hydrogen (secondary N) is 3. The van der Waals surface area contributed by atoms with Crippen molar-refractivity contribution in [2.45, 2.75) is 12.6 Å². The molecule has 1 fully saturated rings. The van der Waals surface area contributed by atoms with Gasteiger partial charge in [0.15, 0.2) is 5.82 Å². The van der Waals surface area contributed by atoms with E-state index in [0.29, 0.717) is 17.2 Å². The summed E-state index contributed by atoms with van der Waals surface area (Å²) < 4.78 is 39.1. The van der Waals surface area contributed by atoms with Crippen LogP contribution in [0.2, 0.25) is 0 Å². The molecule has 8 nitrogen and oxygen atoms in total. The van der Waals surface area contributed by atoms with Crippen molar-refractivity contribution in [3.63, 3.8) is 0 Å². The van der Waals surface area contributed by atoms with Gasteiger partial charge in [-0.25, -0.2) is 9.97 Å². The summed E-state index contributed by atoms with van der Waals surface area (Å²) in [4.78, 5) is 26.2. The van der Waals surface area contributed by atoms with Crippen LogP contribution >= 0.6 is 0 Å². The minimum absolute atomic E-state index is 0.0735. The third kappa shape index (κ3) is 4.70. The molecule has 0 aliphatic carbocycles. The van der Waals surface area contributed by atoms with E-state index in [9.17, 15) is 18.0 Å². The molecule has 38 heavy (non-hydrogen) atoms. The summed E-state index contributed by atoms with van der Waals surface area (Å²) >= 11 is 0. The van der Waals surface area contributed by atoms with Gasteiger partial charge in [0, 0.05) is 53.2 Å². The maximum atomic E-state index is 13.0. The van der Waals surface area contributed by atoms with Gasteiger partial charge >= 0.3 is 6.18 Å². The highest BCUT2D eigenvalue weighted by Gasteiger charge is 2.44. The van der Waals surface area contributed by atoms with Crippen LogP contribution in [-0.4, -0.2) is 55.2 Å². The normalized spacial score (nSPS) is 15.8. The Hall–Kier alpha value is -4.67. The van der Waals surface area contributed by atoms with Gasteiger partial charge in [0.05, 0.1) is 12.1 Å². The molecule has 1 aliphatic rings. The van der Waals surface area contributed by atoms with Crippen molar-refractivity contribution in [3.8, 4) is 22.5 Å². The van der Waals surface area contributed by atoms with Gasteiger partial charge in [0.25, 0.3) is 5.91 Å². The average molecular weight is 518 g/mol. The summed E-state index contributed by atoms with van der Waals surface area (Å²) in [6, 6.07) is 16.8. The van der Waals surface area contributed by atoms with Crippen molar-refractivity contribution >= 4 is 28.3 Å². The maximum absolute atomic E-state index is 13.0. The molecule has 0 radical (unpaired) electrons. The summed E-state index contributed by atoms with van der Waals surface area (Å²) in [5.74, 6) is -0.811. The minimum Gasteiger partial charge on any atom is -0.351 e. The smallest absolute Gasteiger partial charge is 0.351 e. The predicted octanol–water partition coefficient (Wildman–Crippen LogP) is 5.78. The zero-order chi connectivity index (χ0) is 26.3. The van der Waals surface area contributed by atoms with Crippen molar-refractivity contribution in [1.29, 1.82) is 0 Å². The number of fused-ring (bicyclic) bond motifs is 1. The molecule has 2 aromatic carbocycles. The quantitative estimate of drug-likeness (QED) is 0.274. The van der Waals surface area contributed by atoms with Gasteiger partial charge in [0.1, 0.15) is 11.5 Å². The Labute approximate surface area is 214 Å². The van der Waals surface area contributed by atoms with Gasteiger partial charge in [-0.1, -0.05) is 24.3 Å². The monoisotopic (exact) mass is 517 g/mol. The number of likely N-dealkylation sites (tertiary alicyclic amines) is 1. The molecule has 1 saturated heterocycles. The lowest BCUT2D eigenvalue weighted by Crippen LogP contribution is -2.32. The molecule has 1 unspecified atom stereocenters. The first-order valence-electron chi connectivity index (χ1n) is 12.0. The number of carbonyl (C=O) groups excluding carboxylic acids is 1. The number of hydrogen-bond donors (Lipinski definition) is 3. The van der Waals surface area contributed by atoms with Gasteiger partial charge in [-0.3, -0.25) is 9.89 Å². The summed E-state index contributed by atoms with van der Waals surface area (Å²) in [5, 5.41) is 10.8. The Bertz CT molecular complexity index is 1590. The first-order chi connectivity index (χ1) is 18.3. The van der Waals surface area contributed by atoms with Gasteiger partial charge in [-0.2, -0.15) is 18.3 Å². The molecule has 192 valence electrons. The number of carbonyl (C=O) groups is 1. The van der Waals surface area contributed by atoms with E-state index in [0.717, 1.165) is 27.8 Å². The molecule has 3 aromatic heterocycles. The van der Waals surface area contributed by atoms with Gasteiger partial charge in [0.2, 0.25) is 0 Å². The van der Waals surface area contributed by atoms with Gasteiger partial charge < -0.3 is 15.2 Å². The Kier molecular flexibility index (Phi) is 5.82. The molecule has 3 N–H and O–H groups in total. The van der Waals surface area contributed by atoms with Crippen LogP contribution in [0.3, 0.4) is 0 Å². The fourth-order valence-electron chi connectivity index (χ4n) is 4.63. The zero-order valence-electron chi connectivity index (χ0n) is 20.0. The number of hydrogen-bond acceptors (Lipinski definition) is 5. The molecular formula is C27H22F3N7O. The average Bonchev–Trinajstić information content (AvgIpc) is 3.69. The number of nitrogens with zero attached hydrogens (tertiary/aromatic N) is 4. The third-order valence-electron chi connectivity index (χ3n) is 6.69. The van der Waals surface area contributed by atoms with E-state index < -0.39 is 18.0 Å². The highest BCUT2D eigenvalue weighted by atomic mass is 19.4. The minimum atomic E-state index is -4.29. The number of amides is 1. The molecule has 5 aromatic rings. The highest BCUT2D eigenvalue weighted by Crippen LogP contribution is 2.34. The molecule has 11 heteroatoms. The van der Waals surface area contributed by atoms with Crippen molar-refractivity contribution in [2.75, 3.05) is 18.4 Å². The van der Waals surface area contributed by atoms with Crippen LogP contribution in [0.25, 0.3) is 33.4 Å². The molecule has 1 atom stereocenters. The molecule has 1 aliphatic heterocycles. The Morgan fingerprint density at radius 3 is 2.58 bits per heavy atom. The summed E-state index contributed by atoms with van der Waals surface area (Å²) in [6.07, 6.45) is 0.874. The predicted molar refractivity (Wildman–Crippen MR) is 137 cm³/mol. The summed E-state index contributed by atoms with van der Waals surface area (Å²) in [5.41, 5.74) is 4.56. The lowest BCUT2D eigenvalue weighted by atomic mass is 10.1. The number of alkyl halides is 3. The van der Waals surface area contributed by atoms with Crippen molar-refractivity contribution < 1.29 is 18.0 Å². The lowest BCUT2D eigenvalue weighted by Gasteiger charge is -2.17. The van der Waals surface area contributed by atoms with E-state index >= 15 is 0 Å². The maximum Gasteiger partial charge on any atom is 0.393 e.